The van der Waals surface area contributed by atoms with Gasteiger partial charge in [0.15, 0.2) is 0 Å². The molecule has 3 heteroatoms. The first kappa shape index (κ1) is 34.0. The highest BCUT2D eigenvalue weighted by atomic mass is 15.1. The topological polar surface area (TPSA) is 42.1 Å². The molecule has 3 nitrogen and oxygen atoms in total. The van der Waals surface area contributed by atoms with E-state index in [0.29, 0.717) is 0 Å². The minimum absolute atomic E-state index is 0.911. The number of nitrogens with zero attached hydrogens (tertiary/aromatic N) is 2. The highest BCUT2D eigenvalue weighted by molar-refractivity contribution is 6.28. The van der Waals surface area contributed by atoms with Crippen molar-refractivity contribution >= 4 is 44.2 Å². The normalized spacial score (nSPS) is 12.1. The first-order chi connectivity index (χ1) is 28.2. The Morgan fingerprint density at radius 1 is 0.456 bits per heavy atom. The number of allylic oxidation sites excluding steroid dienone is 3. The molecule has 0 saturated heterocycles. The van der Waals surface area contributed by atoms with Crippen LogP contribution in [-0.2, 0) is 0 Å². The van der Waals surface area contributed by atoms with Crippen LogP contribution in [0.15, 0.2) is 207 Å². The molecule has 57 heavy (non-hydrogen) atoms. The Morgan fingerprint density at radius 2 is 0.982 bits per heavy atom. The molecule has 270 valence electrons. The molecule has 0 aliphatic heterocycles. The number of para-hydroxylation sites is 1. The summed E-state index contributed by atoms with van der Waals surface area (Å²) in [5, 5.41) is 5.10. The Morgan fingerprint density at radius 3 is 1.58 bits per heavy atom. The van der Waals surface area contributed by atoms with Gasteiger partial charge in [-0.2, -0.15) is 0 Å². The lowest BCUT2D eigenvalue weighted by atomic mass is 9.82. The zero-order chi connectivity index (χ0) is 38.3. The third-order valence-electron chi connectivity index (χ3n) is 11.2. The Balaban J connectivity index is 1.13. The highest BCUT2D eigenvalue weighted by Gasteiger charge is 2.31. The number of anilines is 3. The lowest BCUT2D eigenvalue weighted by molar-refractivity contribution is 1.20. The van der Waals surface area contributed by atoms with Crippen molar-refractivity contribution in [2.45, 2.75) is 6.92 Å². The molecule has 0 fully saturated rings. The van der Waals surface area contributed by atoms with E-state index >= 15 is 0 Å². The molecule has 0 bridgehead atoms. The summed E-state index contributed by atoms with van der Waals surface area (Å²) in [6.45, 7) is 2.04. The molecule has 9 aromatic rings. The largest absolute Gasteiger partial charge is 0.405 e. The molecule has 10 rings (SSSR count). The summed E-state index contributed by atoms with van der Waals surface area (Å²) in [5.74, 6) is 0. The van der Waals surface area contributed by atoms with E-state index in [1.54, 1.807) is 0 Å². The van der Waals surface area contributed by atoms with Gasteiger partial charge in [0, 0.05) is 11.4 Å². The first-order valence-electron chi connectivity index (χ1n) is 19.4. The monoisotopic (exact) mass is 729 g/mol. The minimum Gasteiger partial charge on any atom is -0.405 e. The van der Waals surface area contributed by atoms with Crippen molar-refractivity contribution in [2.75, 3.05) is 4.90 Å². The fourth-order valence-electron chi connectivity index (χ4n) is 8.71. The Labute approximate surface area is 333 Å². The van der Waals surface area contributed by atoms with Crippen LogP contribution in [0.4, 0.5) is 17.1 Å². The van der Waals surface area contributed by atoms with Crippen LogP contribution in [0.2, 0.25) is 0 Å². The van der Waals surface area contributed by atoms with Gasteiger partial charge in [-0.15, -0.1) is 0 Å². The summed E-state index contributed by atoms with van der Waals surface area (Å²) in [5.41, 5.74) is 23.3. The molecule has 8 aromatic carbocycles. The smallest absolute Gasteiger partial charge is 0.0660 e. The SMILES string of the molecule is C/C(=C\C=C/N)c1ccc(N(c2ccccc2)c2ccc(-c3ccc4c5c(cccc35)-c3c-4c(-c4ccccc4)c4ccccc4c3-c3ccccc3)cc2)cn1. The lowest BCUT2D eigenvalue weighted by Gasteiger charge is -2.25. The van der Waals surface area contributed by atoms with Crippen molar-refractivity contribution in [1.82, 2.24) is 4.98 Å². The van der Waals surface area contributed by atoms with Crippen molar-refractivity contribution in [1.29, 1.82) is 0 Å². The number of nitrogens with two attached hydrogens (primary N) is 1. The van der Waals surface area contributed by atoms with Crippen LogP contribution in [0.25, 0.3) is 82.8 Å². The van der Waals surface area contributed by atoms with Crippen LogP contribution in [0.5, 0.6) is 0 Å². The predicted molar refractivity (Wildman–Crippen MR) is 242 cm³/mol. The van der Waals surface area contributed by atoms with Gasteiger partial charge in [0.1, 0.15) is 0 Å². The maximum Gasteiger partial charge on any atom is 0.0660 e. The molecular weight excluding hydrogens is 691 g/mol. The summed E-state index contributed by atoms with van der Waals surface area (Å²) in [7, 11) is 0. The Hall–Kier alpha value is -7.49. The van der Waals surface area contributed by atoms with Gasteiger partial charge in [-0.3, -0.25) is 4.98 Å². The summed E-state index contributed by atoms with van der Waals surface area (Å²) in [4.78, 5) is 7.08. The standard InChI is InChI=1S/C54H39N3/c1-36(15-14-34-55)49-33-30-42(35-56-49)57(40-20-9-4-10-21-40)41-28-26-37(27-29-41)43-31-32-48-52-44(43)24-13-25-47(52)53-50(38-16-5-2-6-17-38)45-22-11-12-23-46(45)51(54(48)53)39-18-7-3-8-19-39/h2-35H,55H2,1H3/b34-14-,36-15+. The quantitative estimate of drug-likeness (QED) is 0.158. The van der Waals surface area contributed by atoms with Crippen LogP contribution in [0.3, 0.4) is 0 Å². The zero-order valence-electron chi connectivity index (χ0n) is 31.6. The summed E-state index contributed by atoms with van der Waals surface area (Å²) in [6.07, 6.45) is 7.28. The molecular formula is C54H39N3. The van der Waals surface area contributed by atoms with Gasteiger partial charge >= 0.3 is 0 Å². The summed E-state index contributed by atoms with van der Waals surface area (Å²) < 4.78 is 0. The second-order valence-corrected chi connectivity index (χ2v) is 14.5. The average Bonchev–Trinajstić information content (AvgIpc) is 3.61. The second-order valence-electron chi connectivity index (χ2n) is 14.5. The fraction of sp³-hybridized carbons (Fsp3) is 0.0185. The number of pyridine rings is 1. The van der Waals surface area contributed by atoms with Crippen molar-refractivity contribution in [3.63, 3.8) is 0 Å². The van der Waals surface area contributed by atoms with Crippen LogP contribution < -0.4 is 10.6 Å². The van der Waals surface area contributed by atoms with Crippen LogP contribution in [0.1, 0.15) is 12.6 Å². The van der Waals surface area contributed by atoms with Crippen LogP contribution in [-0.4, -0.2) is 4.98 Å². The van der Waals surface area contributed by atoms with Crippen molar-refractivity contribution in [3.8, 4) is 55.6 Å². The van der Waals surface area contributed by atoms with Crippen molar-refractivity contribution in [3.05, 3.63) is 212 Å². The van der Waals surface area contributed by atoms with Gasteiger partial charge in [-0.05, 0) is 138 Å². The van der Waals surface area contributed by atoms with E-state index in [2.05, 4.69) is 181 Å². The molecule has 0 unspecified atom stereocenters. The molecule has 0 radical (unpaired) electrons. The molecule has 1 aliphatic rings. The van der Waals surface area contributed by atoms with Gasteiger partial charge < -0.3 is 10.6 Å². The molecule has 0 atom stereocenters. The highest BCUT2D eigenvalue weighted by Crippen LogP contribution is 2.58. The molecule has 1 aliphatic carbocycles. The van der Waals surface area contributed by atoms with E-state index in [0.717, 1.165) is 28.3 Å². The lowest BCUT2D eigenvalue weighted by Crippen LogP contribution is -2.10. The Bertz CT molecular complexity index is 2890. The van der Waals surface area contributed by atoms with Crippen molar-refractivity contribution in [2.24, 2.45) is 5.73 Å². The number of hydrogen-bond acceptors (Lipinski definition) is 3. The van der Waals surface area contributed by atoms with Gasteiger partial charge in [-0.25, -0.2) is 0 Å². The van der Waals surface area contributed by atoms with E-state index in [9.17, 15) is 0 Å². The van der Waals surface area contributed by atoms with E-state index in [4.69, 9.17) is 10.7 Å². The summed E-state index contributed by atoms with van der Waals surface area (Å²) >= 11 is 0. The predicted octanol–water partition coefficient (Wildman–Crippen LogP) is 14.4. The summed E-state index contributed by atoms with van der Waals surface area (Å²) in [6, 6.07) is 65.9. The van der Waals surface area contributed by atoms with E-state index in [1.165, 1.54) is 83.4 Å². The molecule has 0 saturated carbocycles. The zero-order valence-corrected chi connectivity index (χ0v) is 31.6. The minimum atomic E-state index is 0.911. The molecule has 2 N–H and O–H groups in total. The third-order valence-corrected chi connectivity index (χ3v) is 11.2. The van der Waals surface area contributed by atoms with Gasteiger partial charge in [0.25, 0.3) is 0 Å². The van der Waals surface area contributed by atoms with Gasteiger partial charge in [-0.1, -0.05) is 152 Å². The van der Waals surface area contributed by atoms with Gasteiger partial charge in [0.2, 0.25) is 0 Å². The number of benzene rings is 8. The van der Waals surface area contributed by atoms with Crippen LogP contribution >= 0.6 is 0 Å². The van der Waals surface area contributed by atoms with Crippen molar-refractivity contribution < 1.29 is 0 Å². The number of aromatic nitrogens is 1. The van der Waals surface area contributed by atoms with Gasteiger partial charge in [0.05, 0.1) is 17.6 Å². The first-order valence-corrected chi connectivity index (χ1v) is 19.4. The molecule has 0 amide bonds. The average molecular weight is 730 g/mol. The van der Waals surface area contributed by atoms with E-state index in [1.807, 2.05) is 31.3 Å². The Kier molecular flexibility index (Phi) is 8.54. The maximum atomic E-state index is 5.57. The van der Waals surface area contributed by atoms with E-state index in [-0.39, 0.29) is 0 Å². The molecule has 1 heterocycles. The number of hydrogen-bond donors (Lipinski definition) is 1. The second kappa shape index (κ2) is 14.3. The number of fused-ring (bicyclic) bond motifs is 4. The maximum absolute atomic E-state index is 5.57. The third kappa shape index (κ3) is 5.80. The molecule has 1 aromatic heterocycles. The molecule has 0 spiro atoms. The van der Waals surface area contributed by atoms with Crippen LogP contribution in [0, 0.1) is 0 Å². The number of rotatable bonds is 8. The van der Waals surface area contributed by atoms with E-state index < -0.39 is 0 Å². The fourth-order valence-corrected chi connectivity index (χ4v) is 8.71.